The lowest BCUT2D eigenvalue weighted by Crippen LogP contribution is -2.28. The molecular weight excluding hydrogens is 179 g/mol. The van der Waals surface area contributed by atoms with Crippen molar-refractivity contribution in [2.45, 2.75) is 18.8 Å². The van der Waals surface area contributed by atoms with Crippen molar-refractivity contribution in [3.05, 3.63) is 29.6 Å². The third-order valence-corrected chi connectivity index (χ3v) is 2.76. The van der Waals surface area contributed by atoms with Crippen LogP contribution in [0.4, 0.5) is 10.1 Å². The van der Waals surface area contributed by atoms with Gasteiger partial charge in [-0.05, 0) is 43.0 Å². The minimum atomic E-state index is -0.168. The maximum atomic E-state index is 13.5. The Bertz CT molecular complexity index is 319. The second-order valence-electron chi connectivity index (χ2n) is 3.82. The van der Waals surface area contributed by atoms with Gasteiger partial charge in [0.05, 0.1) is 0 Å². The third kappa shape index (κ3) is 1.87. The van der Waals surface area contributed by atoms with Crippen molar-refractivity contribution in [1.82, 2.24) is 5.32 Å². The van der Waals surface area contributed by atoms with Crippen molar-refractivity contribution in [2.75, 3.05) is 18.8 Å². The third-order valence-electron chi connectivity index (χ3n) is 2.76. The Kier molecular flexibility index (Phi) is 2.68. The Balaban J connectivity index is 2.22. The summed E-state index contributed by atoms with van der Waals surface area (Å²) < 4.78 is 13.5. The minimum absolute atomic E-state index is 0.168. The number of nitrogen functional groups attached to an aromatic ring is 1. The molecule has 14 heavy (non-hydrogen) atoms. The highest BCUT2D eigenvalue weighted by atomic mass is 19.1. The molecule has 0 radical (unpaired) electrons. The quantitative estimate of drug-likeness (QED) is 0.670. The number of hydrogen-bond donors (Lipinski definition) is 2. The maximum Gasteiger partial charge on any atom is 0.128 e. The first-order valence-corrected chi connectivity index (χ1v) is 5.03. The summed E-state index contributed by atoms with van der Waals surface area (Å²) in [5.74, 6) is 0.142. The fourth-order valence-corrected chi connectivity index (χ4v) is 1.99. The summed E-state index contributed by atoms with van der Waals surface area (Å²) in [6, 6.07) is 4.99. The predicted molar refractivity (Wildman–Crippen MR) is 55.7 cm³/mol. The van der Waals surface area contributed by atoms with Crippen molar-refractivity contribution in [3.8, 4) is 0 Å². The first kappa shape index (κ1) is 9.46. The Labute approximate surface area is 83.3 Å². The van der Waals surface area contributed by atoms with Crippen molar-refractivity contribution in [3.63, 3.8) is 0 Å². The van der Waals surface area contributed by atoms with Crippen LogP contribution in [0.15, 0.2) is 18.2 Å². The molecule has 0 aromatic heterocycles. The van der Waals surface area contributed by atoms with Crippen molar-refractivity contribution < 1.29 is 4.39 Å². The van der Waals surface area contributed by atoms with E-state index in [9.17, 15) is 4.39 Å². The van der Waals surface area contributed by atoms with Crippen LogP contribution in [0.25, 0.3) is 0 Å². The zero-order chi connectivity index (χ0) is 9.97. The summed E-state index contributed by atoms with van der Waals surface area (Å²) in [5.41, 5.74) is 6.79. The smallest absolute Gasteiger partial charge is 0.128 e. The van der Waals surface area contributed by atoms with E-state index in [4.69, 9.17) is 5.73 Å². The lowest BCUT2D eigenvalue weighted by Gasteiger charge is -2.23. The molecule has 0 bridgehead atoms. The van der Waals surface area contributed by atoms with Crippen LogP contribution >= 0.6 is 0 Å². The van der Waals surface area contributed by atoms with Crippen LogP contribution in [0.1, 0.15) is 24.3 Å². The minimum Gasteiger partial charge on any atom is -0.399 e. The zero-order valence-corrected chi connectivity index (χ0v) is 8.09. The Morgan fingerprint density at radius 2 is 2.29 bits per heavy atom. The number of nitrogens with one attached hydrogen (secondary N) is 1. The molecule has 1 heterocycles. The van der Waals surface area contributed by atoms with Gasteiger partial charge in [-0.15, -0.1) is 0 Å². The van der Waals surface area contributed by atoms with Crippen LogP contribution < -0.4 is 11.1 Å². The molecule has 0 aliphatic carbocycles. The van der Waals surface area contributed by atoms with Crippen LogP contribution in [-0.4, -0.2) is 13.1 Å². The highest BCUT2D eigenvalue weighted by Gasteiger charge is 2.18. The molecule has 0 saturated carbocycles. The molecule has 2 nitrogen and oxygen atoms in total. The van der Waals surface area contributed by atoms with Gasteiger partial charge in [0.15, 0.2) is 0 Å². The van der Waals surface area contributed by atoms with Gasteiger partial charge in [-0.3, -0.25) is 0 Å². The van der Waals surface area contributed by atoms with Gasteiger partial charge in [-0.1, -0.05) is 6.07 Å². The molecule has 0 unspecified atom stereocenters. The van der Waals surface area contributed by atoms with E-state index in [1.165, 1.54) is 6.07 Å². The Hall–Kier alpha value is -1.09. The largest absolute Gasteiger partial charge is 0.399 e. The van der Waals surface area contributed by atoms with E-state index in [0.717, 1.165) is 31.5 Å². The Morgan fingerprint density at radius 1 is 1.43 bits per heavy atom. The summed E-state index contributed by atoms with van der Waals surface area (Å²) in [5, 5.41) is 3.28. The molecule has 3 N–H and O–H groups in total. The highest BCUT2D eigenvalue weighted by Crippen LogP contribution is 2.26. The molecule has 3 heteroatoms. The van der Waals surface area contributed by atoms with Gasteiger partial charge in [0.1, 0.15) is 5.82 Å². The topological polar surface area (TPSA) is 38.0 Å². The fraction of sp³-hybridized carbons (Fsp3) is 0.455. The van der Waals surface area contributed by atoms with E-state index in [2.05, 4.69) is 5.32 Å². The standard InChI is InChI=1S/C11H15FN2/c12-11-6-9(13)3-4-10(11)8-2-1-5-14-7-8/h3-4,6,8,14H,1-2,5,7,13H2/t8-/m0/s1. The number of piperidine rings is 1. The average Bonchev–Trinajstić information content (AvgIpc) is 2.19. The second-order valence-corrected chi connectivity index (χ2v) is 3.82. The van der Waals surface area contributed by atoms with E-state index in [1.807, 2.05) is 6.07 Å². The summed E-state index contributed by atoms with van der Waals surface area (Å²) >= 11 is 0. The van der Waals surface area contributed by atoms with Gasteiger partial charge < -0.3 is 11.1 Å². The first-order valence-electron chi connectivity index (χ1n) is 5.03. The van der Waals surface area contributed by atoms with Gasteiger partial charge in [-0.2, -0.15) is 0 Å². The number of anilines is 1. The Morgan fingerprint density at radius 3 is 2.93 bits per heavy atom. The van der Waals surface area contributed by atoms with Crippen LogP contribution in [-0.2, 0) is 0 Å². The summed E-state index contributed by atoms with van der Waals surface area (Å²) in [4.78, 5) is 0. The van der Waals surface area contributed by atoms with Gasteiger partial charge >= 0.3 is 0 Å². The summed E-state index contributed by atoms with van der Waals surface area (Å²) in [6.07, 6.45) is 2.18. The van der Waals surface area contributed by atoms with Crippen molar-refractivity contribution in [1.29, 1.82) is 0 Å². The van der Waals surface area contributed by atoms with Crippen LogP contribution in [0.5, 0.6) is 0 Å². The molecule has 1 atom stereocenters. The van der Waals surface area contributed by atoms with E-state index < -0.39 is 0 Å². The summed E-state index contributed by atoms with van der Waals surface area (Å²) in [7, 11) is 0. The van der Waals surface area contributed by atoms with Crippen LogP contribution in [0.2, 0.25) is 0 Å². The molecule has 1 fully saturated rings. The molecule has 1 aromatic carbocycles. The van der Waals surface area contributed by atoms with E-state index in [1.54, 1.807) is 6.07 Å². The molecule has 1 saturated heterocycles. The molecule has 1 aliphatic heterocycles. The lowest BCUT2D eigenvalue weighted by atomic mass is 9.91. The number of benzene rings is 1. The van der Waals surface area contributed by atoms with Crippen LogP contribution in [0, 0.1) is 5.82 Å². The monoisotopic (exact) mass is 194 g/mol. The predicted octanol–water partition coefficient (Wildman–Crippen LogP) is 1.87. The molecule has 2 rings (SSSR count). The molecule has 1 aliphatic rings. The second kappa shape index (κ2) is 3.96. The van der Waals surface area contributed by atoms with E-state index in [0.29, 0.717) is 11.6 Å². The number of halogens is 1. The van der Waals surface area contributed by atoms with Gasteiger partial charge in [-0.25, -0.2) is 4.39 Å². The number of hydrogen-bond acceptors (Lipinski definition) is 2. The fourth-order valence-electron chi connectivity index (χ4n) is 1.99. The van der Waals surface area contributed by atoms with Crippen molar-refractivity contribution in [2.24, 2.45) is 0 Å². The van der Waals surface area contributed by atoms with E-state index in [-0.39, 0.29) is 5.82 Å². The molecule has 0 amide bonds. The summed E-state index contributed by atoms with van der Waals surface area (Å²) in [6.45, 7) is 1.92. The SMILES string of the molecule is Nc1ccc([C@H]2CCCNC2)c(F)c1. The van der Waals surface area contributed by atoms with Gasteiger partial charge in [0, 0.05) is 12.2 Å². The van der Waals surface area contributed by atoms with Gasteiger partial charge in [0.2, 0.25) is 0 Å². The lowest BCUT2D eigenvalue weighted by molar-refractivity contribution is 0.446. The van der Waals surface area contributed by atoms with Crippen molar-refractivity contribution >= 4 is 5.69 Å². The molecule has 1 aromatic rings. The normalized spacial score (nSPS) is 22.2. The first-order chi connectivity index (χ1) is 6.77. The molecule has 0 spiro atoms. The molecule has 76 valence electrons. The highest BCUT2D eigenvalue weighted by molar-refractivity contribution is 5.41. The number of rotatable bonds is 1. The van der Waals surface area contributed by atoms with E-state index >= 15 is 0 Å². The zero-order valence-electron chi connectivity index (χ0n) is 8.09. The molecular formula is C11H15FN2. The van der Waals surface area contributed by atoms with Gasteiger partial charge in [0.25, 0.3) is 0 Å². The maximum absolute atomic E-state index is 13.5. The van der Waals surface area contributed by atoms with Crippen LogP contribution in [0.3, 0.4) is 0 Å². The number of nitrogens with two attached hydrogens (primary N) is 1. The average molecular weight is 194 g/mol.